The van der Waals surface area contributed by atoms with Crippen LogP contribution in [0.4, 0.5) is 5.13 Å². The largest absolute Gasteiger partial charge is 0.481 e. The minimum absolute atomic E-state index is 0.0334. The summed E-state index contributed by atoms with van der Waals surface area (Å²) in [6.45, 7) is 2.68. The highest BCUT2D eigenvalue weighted by atomic mass is 32.1. The predicted octanol–water partition coefficient (Wildman–Crippen LogP) is 2.29. The highest BCUT2D eigenvalue weighted by Crippen LogP contribution is 2.35. The number of hydrogen-bond donors (Lipinski definition) is 2. The molecule has 25 heavy (non-hydrogen) atoms. The van der Waals surface area contributed by atoms with E-state index in [9.17, 15) is 14.7 Å². The second-order valence-electron chi connectivity index (χ2n) is 6.38. The van der Waals surface area contributed by atoms with Gasteiger partial charge < -0.3 is 15.7 Å². The third-order valence-corrected chi connectivity index (χ3v) is 5.46. The fourth-order valence-electron chi connectivity index (χ4n) is 3.41. The fraction of sp³-hybridized carbons (Fsp3) is 0.389. The van der Waals surface area contributed by atoms with E-state index >= 15 is 0 Å². The van der Waals surface area contributed by atoms with Crippen LogP contribution in [0.3, 0.4) is 0 Å². The van der Waals surface area contributed by atoms with E-state index in [-0.39, 0.29) is 18.4 Å². The molecule has 1 aliphatic heterocycles. The molecule has 6 nitrogen and oxygen atoms in total. The Bertz CT molecular complexity index is 789. The van der Waals surface area contributed by atoms with Crippen LogP contribution in [0.2, 0.25) is 0 Å². The number of benzene rings is 1. The maximum Gasteiger partial charge on any atom is 0.308 e. The number of carbonyl (C=O) groups excluding carboxylic acids is 1. The van der Waals surface area contributed by atoms with E-state index in [0.29, 0.717) is 24.5 Å². The van der Waals surface area contributed by atoms with Gasteiger partial charge in [-0.05, 0) is 24.5 Å². The number of carboxylic acid groups (broad SMARTS) is 1. The number of likely N-dealkylation sites (tertiary alicyclic amines) is 1. The van der Waals surface area contributed by atoms with Crippen LogP contribution in [0.15, 0.2) is 29.6 Å². The van der Waals surface area contributed by atoms with Gasteiger partial charge >= 0.3 is 5.97 Å². The van der Waals surface area contributed by atoms with E-state index in [1.54, 1.807) is 4.90 Å². The van der Waals surface area contributed by atoms with Gasteiger partial charge in [-0.2, -0.15) is 0 Å². The zero-order valence-electron chi connectivity index (χ0n) is 14.0. The molecule has 1 aromatic heterocycles. The molecule has 3 N–H and O–H groups in total. The minimum Gasteiger partial charge on any atom is -0.481 e. The number of aryl methyl sites for hydroxylation is 2. The Balaban J connectivity index is 1.70. The molecule has 0 saturated carbocycles. The molecule has 0 aliphatic carbocycles. The van der Waals surface area contributed by atoms with Gasteiger partial charge in [0.15, 0.2) is 5.13 Å². The molecule has 1 aliphatic rings. The number of hydrogen-bond acceptors (Lipinski definition) is 5. The Hall–Kier alpha value is -2.41. The van der Waals surface area contributed by atoms with Crippen molar-refractivity contribution in [1.29, 1.82) is 0 Å². The average Bonchev–Trinajstić information content (AvgIpc) is 3.19. The van der Waals surface area contributed by atoms with Gasteiger partial charge in [-0.25, -0.2) is 4.98 Å². The third kappa shape index (κ3) is 3.82. The topological polar surface area (TPSA) is 96.5 Å². The van der Waals surface area contributed by atoms with Gasteiger partial charge in [0.1, 0.15) is 0 Å². The number of nitrogen functional groups attached to an aromatic ring is 1. The Labute approximate surface area is 150 Å². The summed E-state index contributed by atoms with van der Waals surface area (Å²) in [5.74, 6) is -1.62. The molecule has 1 fully saturated rings. The monoisotopic (exact) mass is 359 g/mol. The van der Waals surface area contributed by atoms with Gasteiger partial charge in [-0.1, -0.05) is 24.3 Å². The second kappa shape index (κ2) is 7.23. The molecule has 7 heteroatoms. The molecule has 2 atom stereocenters. The first-order chi connectivity index (χ1) is 12.0. The molecule has 0 unspecified atom stereocenters. The zero-order valence-corrected chi connectivity index (χ0v) is 14.8. The molecule has 0 spiro atoms. The first kappa shape index (κ1) is 17.4. The Morgan fingerprint density at radius 2 is 2.12 bits per heavy atom. The standard InChI is InChI=1S/C18H21N3O3S/c1-11-4-2-3-5-13(11)14-8-21(9-15(14)17(23)24)16(22)7-6-12-10-25-18(19)20-12/h2-5,10,14-15H,6-9H2,1H3,(H2,19,20)(H,23,24)/t14-,15+/m0/s1. The molecule has 2 heterocycles. The smallest absolute Gasteiger partial charge is 0.308 e. The van der Waals surface area contributed by atoms with Gasteiger partial charge in [-0.15, -0.1) is 11.3 Å². The van der Waals surface area contributed by atoms with Crippen LogP contribution in [-0.4, -0.2) is 40.0 Å². The van der Waals surface area contributed by atoms with E-state index in [1.165, 1.54) is 11.3 Å². The van der Waals surface area contributed by atoms with Crippen molar-refractivity contribution in [2.75, 3.05) is 18.8 Å². The highest BCUT2D eigenvalue weighted by Gasteiger charge is 2.40. The van der Waals surface area contributed by atoms with Crippen molar-refractivity contribution in [3.63, 3.8) is 0 Å². The lowest BCUT2D eigenvalue weighted by atomic mass is 9.86. The fourth-order valence-corrected chi connectivity index (χ4v) is 4.00. The SMILES string of the molecule is Cc1ccccc1[C@@H]1CN(C(=O)CCc2csc(N)n2)C[C@H]1C(=O)O. The molecule has 1 aromatic carbocycles. The molecular weight excluding hydrogens is 338 g/mol. The molecular formula is C18H21N3O3S. The Morgan fingerprint density at radius 1 is 1.36 bits per heavy atom. The average molecular weight is 359 g/mol. The summed E-state index contributed by atoms with van der Waals surface area (Å²) in [7, 11) is 0. The number of amides is 1. The van der Waals surface area contributed by atoms with Crippen LogP contribution < -0.4 is 5.73 Å². The quantitative estimate of drug-likeness (QED) is 0.854. The summed E-state index contributed by atoms with van der Waals surface area (Å²) in [4.78, 5) is 30.0. The summed E-state index contributed by atoms with van der Waals surface area (Å²) >= 11 is 1.36. The summed E-state index contributed by atoms with van der Waals surface area (Å²) in [6.07, 6.45) is 0.839. The maximum absolute atomic E-state index is 12.5. The molecule has 1 saturated heterocycles. The van der Waals surface area contributed by atoms with Crippen LogP contribution in [0.25, 0.3) is 0 Å². The Morgan fingerprint density at radius 3 is 2.76 bits per heavy atom. The van der Waals surface area contributed by atoms with Crippen molar-refractivity contribution in [1.82, 2.24) is 9.88 Å². The van der Waals surface area contributed by atoms with Gasteiger partial charge in [0, 0.05) is 30.8 Å². The molecule has 2 aromatic rings. The van der Waals surface area contributed by atoms with Crippen LogP contribution in [0.1, 0.15) is 29.2 Å². The third-order valence-electron chi connectivity index (χ3n) is 4.74. The molecule has 0 radical (unpaired) electrons. The van der Waals surface area contributed by atoms with Gasteiger partial charge in [0.2, 0.25) is 5.91 Å². The van der Waals surface area contributed by atoms with Crippen LogP contribution >= 0.6 is 11.3 Å². The lowest BCUT2D eigenvalue weighted by Gasteiger charge is -2.18. The van der Waals surface area contributed by atoms with E-state index in [1.807, 2.05) is 36.6 Å². The van der Waals surface area contributed by atoms with Crippen molar-refractivity contribution in [2.45, 2.75) is 25.7 Å². The minimum atomic E-state index is -0.851. The summed E-state index contributed by atoms with van der Waals surface area (Å²) in [5, 5.41) is 11.9. The number of carboxylic acids is 1. The lowest BCUT2D eigenvalue weighted by molar-refractivity contribution is -0.141. The van der Waals surface area contributed by atoms with E-state index in [4.69, 9.17) is 5.73 Å². The van der Waals surface area contributed by atoms with Crippen molar-refractivity contribution in [3.8, 4) is 0 Å². The number of aromatic nitrogens is 1. The van der Waals surface area contributed by atoms with Gasteiger partial charge in [0.05, 0.1) is 11.6 Å². The maximum atomic E-state index is 12.5. The van der Waals surface area contributed by atoms with E-state index in [2.05, 4.69) is 4.98 Å². The lowest BCUT2D eigenvalue weighted by Crippen LogP contribution is -2.30. The molecule has 1 amide bonds. The Kier molecular flexibility index (Phi) is 5.03. The summed E-state index contributed by atoms with van der Waals surface area (Å²) in [6, 6.07) is 7.79. The zero-order chi connectivity index (χ0) is 18.0. The number of thiazole rings is 1. The first-order valence-corrected chi connectivity index (χ1v) is 9.09. The van der Waals surface area contributed by atoms with E-state index < -0.39 is 11.9 Å². The van der Waals surface area contributed by atoms with Crippen molar-refractivity contribution in [3.05, 3.63) is 46.5 Å². The van der Waals surface area contributed by atoms with Gasteiger partial charge in [-0.3, -0.25) is 9.59 Å². The van der Waals surface area contributed by atoms with Crippen LogP contribution in [-0.2, 0) is 16.0 Å². The molecule has 0 bridgehead atoms. The number of anilines is 1. The van der Waals surface area contributed by atoms with Gasteiger partial charge in [0.25, 0.3) is 0 Å². The predicted molar refractivity (Wildman–Crippen MR) is 96.5 cm³/mol. The number of rotatable bonds is 5. The highest BCUT2D eigenvalue weighted by molar-refractivity contribution is 7.13. The van der Waals surface area contributed by atoms with E-state index in [0.717, 1.165) is 16.8 Å². The van der Waals surface area contributed by atoms with Crippen molar-refractivity contribution >= 4 is 28.3 Å². The summed E-state index contributed by atoms with van der Waals surface area (Å²) in [5.41, 5.74) is 8.48. The molecule has 3 rings (SSSR count). The molecule has 132 valence electrons. The first-order valence-electron chi connectivity index (χ1n) is 8.21. The van der Waals surface area contributed by atoms with Crippen molar-refractivity contribution in [2.24, 2.45) is 5.92 Å². The second-order valence-corrected chi connectivity index (χ2v) is 7.27. The number of carbonyl (C=O) groups is 2. The number of nitrogens with two attached hydrogens (primary N) is 1. The van der Waals surface area contributed by atoms with Crippen LogP contribution in [0.5, 0.6) is 0 Å². The van der Waals surface area contributed by atoms with Crippen molar-refractivity contribution < 1.29 is 14.7 Å². The van der Waals surface area contributed by atoms with Crippen LogP contribution in [0, 0.1) is 12.8 Å². The normalized spacial score (nSPS) is 20.0. The number of nitrogens with zero attached hydrogens (tertiary/aromatic N) is 2. The number of aliphatic carboxylic acids is 1. The summed E-state index contributed by atoms with van der Waals surface area (Å²) < 4.78 is 0.